The predicted molar refractivity (Wildman–Crippen MR) is 81.9 cm³/mol. The first-order chi connectivity index (χ1) is 10.3. The van der Waals surface area contributed by atoms with E-state index in [0.29, 0.717) is 12.4 Å². The van der Waals surface area contributed by atoms with Gasteiger partial charge in [0, 0.05) is 24.6 Å². The van der Waals surface area contributed by atoms with Gasteiger partial charge in [0.1, 0.15) is 5.82 Å². The van der Waals surface area contributed by atoms with E-state index in [1.54, 1.807) is 19.6 Å². The van der Waals surface area contributed by atoms with Gasteiger partial charge >= 0.3 is 0 Å². The lowest BCUT2D eigenvalue weighted by Crippen LogP contribution is -1.98. The molecule has 2 N–H and O–H groups in total. The van der Waals surface area contributed by atoms with Gasteiger partial charge in [0.15, 0.2) is 0 Å². The Morgan fingerprint density at radius 2 is 2.14 bits per heavy atom. The van der Waals surface area contributed by atoms with Crippen LogP contribution in [0.5, 0.6) is 0 Å². The van der Waals surface area contributed by atoms with Crippen molar-refractivity contribution < 1.29 is 4.74 Å². The summed E-state index contributed by atoms with van der Waals surface area (Å²) in [6, 6.07) is 11.9. The summed E-state index contributed by atoms with van der Waals surface area (Å²) in [5.74, 6) is 0.494. The number of nitrogens with zero attached hydrogens (tertiary/aromatic N) is 3. The Hall–Kier alpha value is -2.66. The van der Waals surface area contributed by atoms with E-state index >= 15 is 0 Å². The van der Waals surface area contributed by atoms with Crippen LogP contribution in [0.2, 0.25) is 0 Å². The van der Waals surface area contributed by atoms with Crippen LogP contribution in [-0.2, 0) is 11.3 Å². The maximum Gasteiger partial charge on any atom is 0.123 e. The first-order valence-electron chi connectivity index (χ1n) is 6.60. The molecule has 21 heavy (non-hydrogen) atoms. The zero-order valence-corrected chi connectivity index (χ0v) is 11.7. The van der Waals surface area contributed by atoms with Gasteiger partial charge in [-0.15, -0.1) is 0 Å². The zero-order valence-electron chi connectivity index (χ0n) is 11.7. The molecule has 0 atom stereocenters. The second kappa shape index (κ2) is 5.76. The lowest BCUT2D eigenvalue weighted by Gasteiger charge is -2.10. The Balaban J connectivity index is 2.05. The Morgan fingerprint density at radius 1 is 1.24 bits per heavy atom. The summed E-state index contributed by atoms with van der Waals surface area (Å²) in [7, 11) is 1.69. The van der Waals surface area contributed by atoms with Gasteiger partial charge in [-0.2, -0.15) is 0 Å². The van der Waals surface area contributed by atoms with Crippen molar-refractivity contribution in [3.63, 3.8) is 0 Å². The Bertz CT molecular complexity index is 751. The normalized spacial score (nSPS) is 10.7. The highest BCUT2D eigenvalue weighted by atomic mass is 16.5. The molecule has 0 spiro atoms. The summed E-state index contributed by atoms with van der Waals surface area (Å²) >= 11 is 0. The van der Waals surface area contributed by atoms with E-state index in [2.05, 4.69) is 16.0 Å². The highest BCUT2D eigenvalue weighted by molar-refractivity contribution is 5.64. The molecule has 5 heteroatoms. The number of anilines is 1. The molecule has 2 heterocycles. The third-order valence-electron chi connectivity index (χ3n) is 3.22. The number of pyridine rings is 1. The maximum atomic E-state index is 5.76. The number of hydrogen-bond donors (Lipinski definition) is 1. The SMILES string of the molecule is COCc1cccc(-n2cncc2-c2ccnc(N)c2)c1. The van der Waals surface area contributed by atoms with Crippen molar-refractivity contribution in [3.8, 4) is 16.9 Å². The molecule has 106 valence electrons. The van der Waals surface area contributed by atoms with Gasteiger partial charge in [0.05, 0.1) is 24.8 Å². The van der Waals surface area contributed by atoms with E-state index in [4.69, 9.17) is 10.5 Å². The van der Waals surface area contributed by atoms with Crippen molar-refractivity contribution in [1.29, 1.82) is 0 Å². The summed E-state index contributed by atoms with van der Waals surface area (Å²) in [6.07, 6.45) is 5.30. The molecular weight excluding hydrogens is 264 g/mol. The van der Waals surface area contributed by atoms with Crippen LogP contribution in [0.15, 0.2) is 55.1 Å². The summed E-state index contributed by atoms with van der Waals surface area (Å²) in [6.45, 7) is 0.583. The second-order valence-electron chi connectivity index (χ2n) is 4.72. The fourth-order valence-electron chi connectivity index (χ4n) is 2.28. The van der Waals surface area contributed by atoms with Gasteiger partial charge in [0.25, 0.3) is 0 Å². The minimum Gasteiger partial charge on any atom is -0.384 e. The van der Waals surface area contributed by atoms with Crippen molar-refractivity contribution in [2.45, 2.75) is 6.61 Å². The average Bonchev–Trinajstić information content (AvgIpc) is 2.97. The highest BCUT2D eigenvalue weighted by Gasteiger charge is 2.08. The summed E-state index contributed by atoms with van der Waals surface area (Å²) in [4.78, 5) is 8.27. The van der Waals surface area contributed by atoms with Gasteiger partial charge in [-0.1, -0.05) is 12.1 Å². The fourth-order valence-corrected chi connectivity index (χ4v) is 2.28. The molecule has 0 aliphatic heterocycles. The number of ether oxygens (including phenoxy) is 1. The maximum absolute atomic E-state index is 5.76. The molecular formula is C16H16N4O. The standard InChI is InChI=1S/C16H16N4O/c1-21-10-12-3-2-4-14(7-12)20-11-18-9-15(20)13-5-6-19-16(17)8-13/h2-9,11H,10H2,1H3,(H2,17,19). The van der Waals surface area contributed by atoms with Gasteiger partial charge in [-0.05, 0) is 29.8 Å². The lowest BCUT2D eigenvalue weighted by atomic mass is 10.1. The van der Waals surface area contributed by atoms with Crippen LogP contribution in [0.3, 0.4) is 0 Å². The summed E-state index contributed by atoms with van der Waals surface area (Å²) < 4.78 is 7.20. The Labute approximate surface area is 123 Å². The molecule has 3 aromatic rings. The van der Waals surface area contributed by atoms with Crippen LogP contribution in [0, 0.1) is 0 Å². The van der Waals surface area contributed by atoms with E-state index in [9.17, 15) is 0 Å². The molecule has 0 aliphatic carbocycles. The second-order valence-corrected chi connectivity index (χ2v) is 4.72. The summed E-state index contributed by atoms with van der Waals surface area (Å²) in [5.41, 5.74) is 9.86. The van der Waals surface area contributed by atoms with Gasteiger partial charge in [-0.25, -0.2) is 9.97 Å². The molecule has 0 saturated heterocycles. The summed E-state index contributed by atoms with van der Waals surface area (Å²) in [5, 5.41) is 0. The van der Waals surface area contributed by atoms with Crippen molar-refractivity contribution >= 4 is 5.82 Å². The number of rotatable bonds is 4. The molecule has 5 nitrogen and oxygen atoms in total. The Morgan fingerprint density at radius 3 is 2.95 bits per heavy atom. The minimum absolute atomic E-state index is 0.494. The lowest BCUT2D eigenvalue weighted by molar-refractivity contribution is 0.185. The van der Waals surface area contributed by atoms with Crippen molar-refractivity contribution in [2.24, 2.45) is 0 Å². The number of nitrogen functional groups attached to an aromatic ring is 1. The minimum atomic E-state index is 0.494. The number of methoxy groups -OCH3 is 1. The first-order valence-corrected chi connectivity index (χ1v) is 6.60. The molecule has 0 bridgehead atoms. The van der Waals surface area contributed by atoms with Gasteiger partial charge < -0.3 is 10.5 Å². The van der Waals surface area contributed by atoms with E-state index in [1.807, 2.05) is 41.1 Å². The number of imidazole rings is 1. The van der Waals surface area contributed by atoms with Crippen molar-refractivity contribution in [2.75, 3.05) is 12.8 Å². The molecule has 1 aromatic carbocycles. The largest absolute Gasteiger partial charge is 0.384 e. The molecule has 0 amide bonds. The van der Waals surface area contributed by atoms with Crippen LogP contribution in [-0.4, -0.2) is 21.6 Å². The molecule has 0 saturated carbocycles. The fraction of sp³-hybridized carbons (Fsp3) is 0.125. The zero-order chi connectivity index (χ0) is 14.7. The number of hydrogen-bond acceptors (Lipinski definition) is 4. The third-order valence-corrected chi connectivity index (χ3v) is 3.22. The monoisotopic (exact) mass is 280 g/mol. The smallest absolute Gasteiger partial charge is 0.123 e. The number of aromatic nitrogens is 3. The van der Waals surface area contributed by atoms with Crippen LogP contribution in [0.1, 0.15) is 5.56 Å². The van der Waals surface area contributed by atoms with Crippen molar-refractivity contribution in [3.05, 3.63) is 60.7 Å². The average molecular weight is 280 g/mol. The van der Waals surface area contributed by atoms with Crippen molar-refractivity contribution in [1.82, 2.24) is 14.5 Å². The topological polar surface area (TPSA) is 66.0 Å². The first kappa shape index (κ1) is 13.3. The van der Waals surface area contributed by atoms with Gasteiger partial charge in [0.2, 0.25) is 0 Å². The van der Waals surface area contributed by atoms with E-state index in [1.165, 1.54) is 0 Å². The molecule has 0 radical (unpaired) electrons. The number of nitrogens with two attached hydrogens (primary N) is 1. The van der Waals surface area contributed by atoms with E-state index in [0.717, 1.165) is 22.5 Å². The highest BCUT2D eigenvalue weighted by Crippen LogP contribution is 2.24. The van der Waals surface area contributed by atoms with E-state index in [-0.39, 0.29) is 0 Å². The molecule has 0 aliphatic rings. The predicted octanol–water partition coefficient (Wildman–Crippen LogP) is 2.66. The third kappa shape index (κ3) is 2.78. The van der Waals surface area contributed by atoms with Crippen LogP contribution in [0.4, 0.5) is 5.82 Å². The molecule has 3 rings (SSSR count). The Kier molecular flexibility index (Phi) is 3.66. The van der Waals surface area contributed by atoms with Crippen LogP contribution in [0.25, 0.3) is 16.9 Å². The van der Waals surface area contributed by atoms with E-state index < -0.39 is 0 Å². The van der Waals surface area contributed by atoms with Crippen LogP contribution >= 0.6 is 0 Å². The molecule has 0 unspecified atom stereocenters. The molecule has 2 aromatic heterocycles. The molecule has 0 fully saturated rings. The van der Waals surface area contributed by atoms with Crippen LogP contribution < -0.4 is 5.73 Å². The van der Waals surface area contributed by atoms with Gasteiger partial charge in [-0.3, -0.25) is 4.57 Å². The number of benzene rings is 1. The quantitative estimate of drug-likeness (QED) is 0.798.